The van der Waals surface area contributed by atoms with Gasteiger partial charge in [0.15, 0.2) is 0 Å². The van der Waals surface area contributed by atoms with Gasteiger partial charge in [-0.05, 0) is 51.9 Å². The number of carbonyl (C=O) groups excluding carboxylic acids is 2. The van der Waals surface area contributed by atoms with E-state index in [2.05, 4.69) is 10.2 Å². The number of hydrogen-bond donors (Lipinski definition) is 1. The van der Waals surface area contributed by atoms with E-state index in [1.54, 1.807) is 16.2 Å². The molecular weight excluding hydrogens is 358 g/mol. The highest BCUT2D eigenvalue weighted by atomic mass is 32.1. The van der Waals surface area contributed by atoms with E-state index in [0.29, 0.717) is 17.7 Å². The number of para-hydroxylation sites is 2. The van der Waals surface area contributed by atoms with Crippen molar-refractivity contribution in [3.63, 3.8) is 0 Å². The fourth-order valence-electron chi connectivity index (χ4n) is 4.10. The van der Waals surface area contributed by atoms with Gasteiger partial charge in [-0.1, -0.05) is 18.6 Å². The van der Waals surface area contributed by atoms with Gasteiger partial charge in [-0.2, -0.15) is 0 Å². The number of anilines is 3. The summed E-state index contributed by atoms with van der Waals surface area (Å²) in [5.74, 6) is -0.0858. The molecule has 0 aliphatic carbocycles. The van der Waals surface area contributed by atoms with Crippen LogP contribution in [0.15, 0.2) is 24.3 Å². The normalized spacial score (nSPS) is 17.1. The second-order valence-electron chi connectivity index (χ2n) is 7.29. The Bertz CT molecular complexity index is 884. The van der Waals surface area contributed by atoms with Crippen molar-refractivity contribution < 1.29 is 9.59 Å². The lowest BCUT2D eigenvalue weighted by Gasteiger charge is -2.28. The summed E-state index contributed by atoms with van der Waals surface area (Å²) >= 11 is 1.57. The maximum atomic E-state index is 13.4. The second-order valence-corrected chi connectivity index (χ2v) is 8.72. The number of rotatable bonds is 3. The molecule has 6 heteroatoms. The Balaban J connectivity index is 1.70. The molecule has 0 saturated carbocycles. The highest BCUT2D eigenvalue weighted by molar-refractivity contribution is 7.13. The third-order valence-electron chi connectivity index (χ3n) is 5.41. The van der Waals surface area contributed by atoms with Crippen molar-refractivity contribution in [1.82, 2.24) is 4.90 Å². The number of amides is 2. The third kappa shape index (κ3) is 3.39. The maximum absolute atomic E-state index is 13.4. The van der Waals surface area contributed by atoms with Crippen LogP contribution in [0, 0.1) is 13.8 Å². The van der Waals surface area contributed by atoms with Gasteiger partial charge in [0.2, 0.25) is 5.91 Å². The summed E-state index contributed by atoms with van der Waals surface area (Å²) in [5.41, 5.74) is 2.83. The van der Waals surface area contributed by atoms with Crippen LogP contribution < -0.4 is 10.2 Å². The van der Waals surface area contributed by atoms with Crippen molar-refractivity contribution in [2.24, 2.45) is 0 Å². The molecule has 2 amide bonds. The van der Waals surface area contributed by atoms with Gasteiger partial charge < -0.3 is 10.2 Å². The van der Waals surface area contributed by atoms with Gasteiger partial charge in [0.1, 0.15) is 0 Å². The largest absolute Gasteiger partial charge is 0.320 e. The lowest BCUT2D eigenvalue weighted by molar-refractivity contribution is -0.118. The maximum Gasteiger partial charge on any atom is 0.258 e. The number of likely N-dealkylation sites (tertiary alicyclic amines) is 1. The number of carbonyl (C=O) groups is 2. The van der Waals surface area contributed by atoms with Crippen LogP contribution >= 0.6 is 11.3 Å². The number of hydrogen-bond acceptors (Lipinski definition) is 4. The number of thiophene rings is 1. The lowest BCUT2D eigenvalue weighted by Crippen LogP contribution is -2.35. The van der Waals surface area contributed by atoms with Gasteiger partial charge >= 0.3 is 0 Å². The summed E-state index contributed by atoms with van der Waals surface area (Å²) in [6.07, 6.45) is 4.17. The van der Waals surface area contributed by atoms with E-state index < -0.39 is 0 Å². The monoisotopic (exact) mass is 383 g/mol. The molecule has 142 valence electrons. The zero-order valence-corrected chi connectivity index (χ0v) is 16.7. The summed E-state index contributed by atoms with van der Waals surface area (Å²) in [7, 11) is 0. The number of fused-ring (bicyclic) bond motifs is 2. The standard InChI is InChI=1S/C21H25N3O2S/c1-14-19-20(15(2)27-14)24(17-9-5-4-8-16(17)22-21(19)26)18(25)10-13-23-11-6-3-7-12-23/h4-5,8-9H,3,6-7,10-13H2,1-2H3,(H,22,26). The molecule has 0 spiro atoms. The van der Waals surface area contributed by atoms with Crippen LogP contribution in [0.3, 0.4) is 0 Å². The first-order valence-electron chi connectivity index (χ1n) is 9.62. The van der Waals surface area contributed by atoms with Crippen LogP contribution in [0.25, 0.3) is 0 Å². The molecule has 1 fully saturated rings. The van der Waals surface area contributed by atoms with Crippen LogP contribution in [0.5, 0.6) is 0 Å². The Labute approximate surface area is 164 Å². The Morgan fingerprint density at radius 2 is 1.85 bits per heavy atom. The van der Waals surface area contributed by atoms with Crippen molar-refractivity contribution in [2.45, 2.75) is 39.5 Å². The first-order chi connectivity index (χ1) is 13.1. The van der Waals surface area contributed by atoms with E-state index in [-0.39, 0.29) is 11.8 Å². The van der Waals surface area contributed by atoms with E-state index in [1.807, 2.05) is 38.1 Å². The molecule has 4 rings (SSSR count). The first kappa shape index (κ1) is 18.2. The summed E-state index contributed by atoms with van der Waals surface area (Å²) in [5, 5.41) is 2.99. The van der Waals surface area contributed by atoms with Gasteiger partial charge in [0.25, 0.3) is 5.91 Å². The topological polar surface area (TPSA) is 52.7 Å². The van der Waals surface area contributed by atoms with E-state index >= 15 is 0 Å². The highest BCUT2D eigenvalue weighted by Gasteiger charge is 2.33. The Kier molecular flexibility index (Phi) is 5.02. The predicted octanol–water partition coefficient (Wildman–Crippen LogP) is 4.47. The third-order valence-corrected chi connectivity index (χ3v) is 6.42. The second kappa shape index (κ2) is 7.44. The summed E-state index contributed by atoms with van der Waals surface area (Å²) in [6.45, 7) is 6.86. The Hall–Kier alpha value is -2.18. The smallest absolute Gasteiger partial charge is 0.258 e. The molecule has 2 aliphatic heterocycles. The highest BCUT2D eigenvalue weighted by Crippen LogP contribution is 2.44. The van der Waals surface area contributed by atoms with Crippen molar-refractivity contribution in [1.29, 1.82) is 0 Å². The molecule has 3 heterocycles. The number of nitrogens with one attached hydrogen (secondary N) is 1. The molecule has 2 aromatic rings. The number of nitrogens with zero attached hydrogens (tertiary/aromatic N) is 2. The van der Waals surface area contributed by atoms with Crippen LogP contribution in [0.1, 0.15) is 45.8 Å². The van der Waals surface area contributed by atoms with Crippen LogP contribution in [-0.2, 0) is 4.79 Å². The molecule has 2 aliphatic rings. The minimum atomic E-state index is -0.134. The van der Waals surface area contributed by atoms with Crippen LogP contribution in [0.4, 0.5) is 17.1 Å². The number of benzene rings is 1. The van der Waals surface area contributed by atoms with E-state index in [0.717, 1.165) is 40.8 Å². The fourth-order valence-corrected chi connectivity index (χ4v) is 5.14. The molecule has 1 N–H and O–H groups in total. The molecule has 0 radical (unpaired) electrons. The average molecular weight is 384 g/mol. The molecule has 27 heavy (non-hydrogen) atoms. The summed E-state index contributed by atoms with van der Waals surface area (Å²) < 4.78 is 0. The van der Waals surface area contributed by atoms with Crippen LogP contribution in [0.2, 0.25) is 0 Å². The summed E-state index contributed by atoms with van der Waals surface area (Å²) in [4.78, 5) is 32.3. The Morgan fingerprint density at radius 3 is 2.63 bits per heavy atom. The van der Waals surface area contributed by atoms with E-state index in [1.165, 1.54) is 19.3 Å². The van der Waals surface area contributed by atoms with E-state index in [4.69, 9.17) is 0 Å². The summed E-state index contributed by atoms with van der Waals surface area (Å²) in [6, 6.07) is 7.57. The molecule has 5 nitrogen and oxygen atoms in total. The van der Waals surface area contributed by atoms with Gasteiger partial charge in [-0.3, -0.25) is 14.5 Å². The predicted molar refractivity (Wildman–Crippen MR) is 110 cm³/mol. The minimum absolute atomic E-state index is 0.0478. The van der Waals surface area contributed by atoms with Gasteiger partial charge in [-0.15, -0.1) is 11.3 Å². The van der Waals surface area contributed by atoms with Crippen molar-refractivity contribution in [3.8, 4) is 0 Å². The molecule has 1 aromatic heterocycles. The number of aryl methyl sites for hydroxylation is 2. The van der Waals surface area contributed by atoms with Gasteiger partial charge in [0, 0.05) is 22.7 Å². The van der Waals surface area contributed by atoms with Gasteiger partial charge in [0.05, 0.1) is 22.6 Å². The zero-order chi connectivity index (χ0) is 19.0. The molecular formula is C21H25N3O2S. The van der Waals surface area contributed by atoms with Crippen LogP contribution in [-0.4, -0.2) is 36.3 Å². The minimum Gasteiger partial charge on any atom is -0.320 e. The SMILES string of the molecule is Cc1sc(C)c2c1C(=O)Nc1ccccc1N2C(=O)CCN1CCCCC1. The van der Waals surface area contributed by atoms with Gasteiger partial charge in [-0.25, -0.2) is 0 Å². The zero-order valence-electron chi connectivity index (χ0n) is 15.9. The molecule has 1 saturated heterocycles. The lowest BCUT2D eigenvalue weighted by atomic mass is 10.1. The molecule has 0 bridgehead atoms. The number of piperidine rings is 1. The quantitative estimate of drug-likeness (QED) is 0.851. The first-order valence-corrected chi connectivity index (χ1v) is 10.4. The molecule has 0 atom stereocenters. The molecule has 0 unspecified atom stereocenters. The van der Waals surface area contributed by atoms with Crippen molar-refractivity contribution in [3.05, 3.63) is 39.6 Å². The fraction of sp³-hybridized carbons (Fsp3) is 0.429. The Morgan fingerprint density at radius 1 is 1.11 bits per heavy atom. The average Bonchev–Trinajstić information content (AvgIpc) is 2.88. The molecule has 1 aromatic carbocycles. The van der Waals surface area contributed by atoms with Crippen molar-refractivity contribution in [2.75, 3.05) is 29.9 Å². The van der Waals surface area contributed by atoms with Crippen molar-refractivity contribution >= 4 is 40.2 Å². The van der Waals surface area contributed by atoms with E-state index in [9.17, 15) is 9.59 Å².